The molecular weight excluding hydrogens is 252 g/mol. The lowest BCUT2D eigenvalue weighted by molar-refractivity contribution is 0.100. The van der Waals surface area contributed by atoms with Gasteiger partial charge >= 0.3 is 0 Å². The number of amides is 1. The Labute approximate surface area is 117 Å². The topological polar surface area (TPSA) is 96.1 Å². The fourth-order valence-electron chi connectivity index (χ4n) is 1.90. The van der Waals surface area contributed by atoms with Gasteiger partial charge in [-0.25, -0.2) is 0 Å². The van der Waals surface area contributed by atoms with Gasteiger partial charge in [0.15, 0.2) is 0 Å². The van der Waals surface area contributed by atoms with Gasteiger partial charge < -0.3 is 16.4 Å². The number of rotatable bonds is 3. The summed E-state index contributed by atoms with van der Waals surface area (Å²) in [7, 11) is 1.84. The number of primary amides is 1. The number of hydrogen-bond acceptors (Lipinski definition) is 4. The number of nitrogens with two attached hydrogens (primary N) is 2. The minimum Gasteiger partial charge on any atom is -0.398 e. The predicted molar refractivity (Wildman–Crippen MR) is 78.6 cm³/mol. The van der Waals surface area contributed by atoms with Crippen LogP contribution in [0.2, 0.25) is 0 Å². The molecule has 0 fully saturated rings. The Morgan fingerprint density at radius 1 is 1.20 bits per heavy atom. The van der Waals surface area contributed by atoms with E-state index >= 15 is 0 Å². The monoisotopic (exact) mass is 266 g/mol. The molecule has 0 radical (unpaired) electrons. The van der Waals surface area contributed by atoms with E-state index in [9.17, 15) is 4.79 Å². The molecule has 20 heavy (non-hydrogen) atoms. The lowest BCUT2D eigenvalue weighted by Gasteiger charge is -2.20. The van der Waals surface area contributed by atoms with E-state index in [1.807, 2.05) is 18.0 Å². The maximum Gasteiger partial charge on any atom is 0.250 e. The summed E-state index contributed by atoms with van der Waals surface area (Å²) in [5.41, 5.74) is 13.8. The zero-order valence-electron chi connectivity index (χ0n) is 11.0. The van der Waals surface area contributed by atoms with Crippen molar-refractivity contribution in [2.24, 2.45) is 5.73 Å². The average molecular weight is 266 g/mol. The summed E-state index contributed by atoms with van der Waals surface area (Å²) in [5, 5.41) is 8.92. The van der Waals surface area contributed by atoms with Crippen LogP contribution in [0, 0.1) is 11.3 Å². The SMILES string of the molecule is CN(c1cccc(C#N)c1)c1ccc(N)c(C(N)=O)c1. The van der Waals surface area contributed by atoms with Crippen molar-refractivity contribution in [3.05, 3.63) is 53.6 Å². The third kappa shape index (κ3) is 2.54. The molecule has 0 bridgehead atoms. The van der Waals surface area contributed by atoms with Gasteiger partial charge in [-0.2, -0.15) is 5.26 Å². The van der Waals surface area contributed by atoms with Gasteiger partial charge in [0, 0.05) is 24.1 Å². The molecule has 2 aromatic rings. The predicted octanol–water partition coefficient (Wildman–Crippen LogP) is 2.01. The molecule has 0 aliphatic heterocycles. The molecule has 0 saturated heterocycles. The first-order chi connectivity index (χ1) is 9.52. The van der Waals surface area contributed by atoms with Crippen LogP contribution in [0.4, 0.5) is 17.1 Å². The van der Waals surface area contributed by atoms with Crippen LogP contribution in [-0.2, 0) is 0 Å². The quantitative estimate of drug-likeness (QED) is 0.830. The molecule has 0 aliphatic carbocycles. The van der Waals surface area contributed by atoms with E-state index in [-0.39, 0.29) is 5.56 Å². The summed E-state index contributed by atoms with van der Waals surface area (Å²) in [4.78, 5) is 13.2. The highest BCUT2D eigenvalue weighted by atomic mass is 16.1. The summed E-state index contributed by atoms with van der Waals surface area (Å²) >= 11 is 0. The maximum atomic E-state index is 11.3. The Hall–Kier alpha value is -3.00. The van der Waals surface area contributed by atoms with Crippen LogP contribution in [0.15, 0.2) is 42.5 Å². The van der Waals surface area contributed by atoms with Crippen LogP contribution in [0.1, 0.15) is 15.9 Å². The van der Waals surface area contributed by atoms with Crippen molar-refractivity contribution in [3.8, 4) is 6.07 Å². The minimum atomic E-state index is -0.566. The molecule has 0 saturated carbocycles. The molecule has 4 N–H and O–H groups in total. The van der Waals surface area contributed by atoms with E-state index in [1.54, 1.807) is 36.4 Å². The molecule has 2 aromatic carbocycles. The van der Waals surface area contributed by atoms with E-state index in [0.717, 1.165) is 11.4 Å². The molecule has 0 unspecified atom stereocenters. The van der Waals surface area contributed by atoms with E-state index < -0.39 is 5.91 Å². The number of carbonyl (C=O) groups is 1. The van der Waals surface area contributed by atoms with E-state index in [2.05, 4.69) is 6.07 Å². The van der Waals surface area contributed by atoms with Gasteiger partial charge in [0.1, 0.15) is 0 Å². The van der Waals surface area contributed by atoms with Crippen molar-refractivity contribution in [3.63, 3.8) is 0 Å². The van der Waals surface area contributed by atoms with Crippen molar-refractivity contribution in [1.82, 2.24) is 0 Å². The Kier molecular flexibility index (Phi) is 3.58. The number of benzene rings is 2. The molecule has 0 aromatic heterocycles. The smallest absolute Gasteiger partial charge is 0.250 e. The Bertz CT molecular complexity index is 703. The number of hydrogen-bond donors (Lipinski definition) is 2. The fraction of sp³-hybridized carbons (Fsp3) is 0.0667. The largest absolute Gasteiger partial charge is 0.398 e. The number of nitrogen functional groups attached to an aromatic ring is 1. The first-order valence-electron chi connectivity index (χ1n) is 5.96. The Morgan fingerprint density at radius 3 is 2.55 bits per heavy atom. The summed E-state index contributed by atoms with van der Waals surface area (Å²) in [6.07, 6.45) is 0. The van der Waals surface area contributed by atoms with Crippen LogP contribution >= 0.6 is 0 Å². The molecule has 2 rings (SSSR count). The number of nitriles is 1. The highest BCUT2D eigenvalue weighted by Crippen LogP contribution is 2.27. The molecule has 5 heteroatoms. The second kappa shape index (κ2) is 5.33. The zero-order chi connectivity index (χ0) is 14.7. The van der Waals surface area contributed by atoms with Gasteiger partial charge in [-0.3, -0.25) is 4.79 Å². The molecule has 100 valence electrons. The minimum absolute atomic E-state index is 0.283. The molecular formula is C15H14N4O. The van der Waals surface area contributed by atoms with Crippen molar-refractivity contribution in [2.75, 3.05) is 17.7 Å². The highest BCUT2D eigenvalue weighted by molar-refractivity contribution is 5.99. The fourth-order valence-corrected chi connectivity index (χ4v) is 1.90. The second-order valence-corrected chi connectivity index (χ2v) is 4.36. The lowest BCUT2D eigenvalue weighted by atomic mass is 10.1. The van der Waals surface area contributed by atoms with Crippen LogP contribution in [0.5, 0.6) is 0 Å². The lowest BCUT2D eigenvalue weighted by Crippen LogP contribution is -2.16. The van der Waals surface area contributed by atoms with Gasteiger partial charge in [-0.1, -0.05) is 6.07 Å². The standard InChI is InChI=1S/C15H14N4O/c1-19(11-4-2-3-10(7-11)9-16)12-5-6-14(17)13(8-12)15(18)20/h2-8H,17H2,1H3,(H2,18,20). The first-order valence-corrected chi connectivity index (χ1v) is 5.96. The Morgan fingerprint density at radius 2 is 1.90 bits per heavy atom. The summed E-state index contributed by atoms with van der Waals surface area (Å²) in [6.45, 7) is 0. The third-order valence-corrected chi connectivity index (χ3v) is 3.05. The number of carbonyl (C=O) groups excluding carboxylic acids is 1. The van der Waals surface area contributed by atoms with Crippen molar-refractivity contribution < 1.29 is 4.79 Å². The van der Waals surface area contributed by atoms with Crippen LogP contribution in [0.25, 0.3) is 0 Å². The van der Waals surface area contributed by atoms with E-state index in [0.29, 0.717) is 11.3 Å². The molecule has 0 aliphatic rings. The van der Waals surface area contributed by atoms with Gasteiger partial charge in [-0.15, -0.1) is 0 Å². The van der Waals surface area contributed by atoms with E-state index in [4.69, 9.17) is 16.7 Å². The van der Waals surface area contributed by atoms with Gasteiger partial charge in [0.25, 0.3) is 5.91 Å². The second-order valence-electron chi connectivity index (χ2n) is 4.36. The van der Waals surface area contributed by atoms with Crippen LogP contribution in [-0.4, -0.2) is 13.0 Å². The van der Waals surface area contributed by atoms with Gasteiger partial charge in [0.05, 0.1) is 17.2 Å². The maximum absolute atomic E-state index is 11.3. The zero-order valence-corrected chi connectivity index (χ0v) is 11.0. The highest BCUT2D eigenvalue weighted by Gasteiger charge is 2.10. The average Bonchev–Trinajstić information content (AvgIpc) is 2.46. The van der Waals surface area contributed by atoms with Gasteiger partial charge in [0.2, 0.25) is 0 Å². The van der Waals surface area contributed by atoms with Gasteiger partial charge in [-0.05, 0) is 36.4 Å². The first kappa shape index (κ1) is 13.4. The van der Waals surface area contributed by atoms with Crippen LogP contribution < -0.4 is 16.4 Å². The normalized spacial score (nSPS) is 9.80. The Balaban J connectivity index is 2.43. The van der Waals surface area contributed by atoms with Crippen LogP contribution in [0.3, 0.4) is 0 Å². The number of anilines is 3. The molecule has 1 amide bonds. The summed E-state index contributed by atoms with van der Waals surface area (Å²) in [5.74, 6) is -0.566. The molecule has 0 spiro atoms. The summed E-state index contributed by atoms with van der Waals surface area (Å²) in [6, 6.07) is 14.3. The molecule has 0 atom stereocenters. The number of nitrogens with zero attached hydrogens (tertiary/aromatic N) is 2. The summed E-state index contributed by atoms with van der Waals surface area (Å²) < 4.78 is 0. The molecule has 0 heterocycles. The molecule has 5 nitrogen and oxygen atoms in total. The van der Waals surface area contributed by atoms with Crippen molar-refractivity contribution >= 4 is 23.0 Å². The third-order valence-electron chi connectivity index (χ3n) is 3.05. The van der Waals surface area contributed by atoms with Crippen molar-refractivity contribution in [1.29, 1.82) is 5.26 Å². The van der Waals surface area contributed by atoms with Crippen molar-refractivity contribution in [2.45, 2.75) is 0 Å². The van der Waals surface area contributed by atoms with E-state index in [1.165, 1.54) is 0 Å².